The Morgan fingerprint density at radius 1 is 1.26 bits per heavy atom. The molecule has 11 nitrogen and oxygen atoms in total. The van der Waals surface area contributed by atoms with Gasteiger partial charge in [-0.25, -0.2) is 17.3 Å². The topological polar surface area (TPSA) is 190 Å². The summed E-state index contributed by atoms with van der Waals surface area (Å²) in [5.74, 6) is 0. The van der Waals surface area contributed by atoms with Gasteiger partial charge in [-0.2, -0.15) is 8.42 Å². The van der Waals surface area contributed by atoms with E-state index >= 15 is 0 Å². The predicted molar refractivity (Wildman–Crippen MR) is 56.5 cm³/mol. The Morgan fingerprint density at radius 3 is 2.16 bits per heavy atom. The molecule has 4 N–H and O–H groups in total. The molecule has 0 saturated carbocycles. The lowest BCUT2D eigenvalue weighted by Crippen LogP contribution is -2.46. The SMILES string of the molecule is O=CC(NS(=O)(=O)[O-])C(O)[CH]C(O)COS(=O)(=O)O. The number of carbonyl (C=O) groups excluding carboxylic acids is 1. The average Bonchev–Trinajstić information content (AvgIpc) is 2.20. The highest BCUT2D eigenvalue weighted by atomic mass is 32.3. The van der Waals surface area contributed by atoms with E-state index in [1.54, 1.807) is 0 Å². The molecule has 0 aliphatic carbocycles. The third-order valence-corrected chi connectivity index (χ3v) is 2.60. The van der Waals surface area contributed by atoms with Gasteiger partial charge in [-0.1, -0.05) is 0 Å². The predicted octanol–water partition coefficient (Wildman–Crippen LogP) is -3.65. The molecule has 0 aromatic rings. The summed E-state index contributed by atoms with van der Waals surface area (Å²) in [6.45, 7) is -0.981. The van der Waals surface area contributed by atoms with Gasteiger partial charge in [-0.15, -0.1) is 0 Å². The van der Waals surface area contributed by atoms with Crippen LogP contribution in [0.25, 0.3) is 0 Å². The summed E-state index contributed by atoms with van der Waals surface area (Å²) in [5, 5.41) is 18.4. The summed E-state index contributed by atoms with van der Waals surface area (Å²) in [5.41, 5.74) is 0. The lowest BCUT2D eigenvalue weighted by Gasteiger charge is -2.22. The van der Waals surface area contributed by atoms with Crippen molar-refractivity contribution in [3.8, 4) is 0 Å². The van der Waals surface area contributed by atoms with E-state index in [-0.39, 0.29) is 6.29 Å². The third-order valence-electron chi connectivity index (χ3n) is 1.60. The highest BCUT2D eigenvalue weighted by Gasteiger charge is 2.24. The Bertz CT molecular complexity index is 484. The van der Waals surface area contributed by atoms with Gasteiger partial charge in [0.2, 0.25) is 0 Å². The van der Waals surface area contributed by atoms with Crippen LogP contribution in [0.1, 0.15) is 0 Å². The molecule has 0 heterocycles. The van der Waals surface area contributed by atoms with Crippen molar-refractivity contribution >= 4 is 27.0 Å². The number of rotatable bonds is 9. The number of hydrogen-bond donors (Lipinski definition) is 4. The lowest BCUT2D eigenvalue weighted by molar-refractivity contribution is -0.111. The van der Waals surface area contributed by atoms with Gasteiger partial charge < -0.3 is 19.6 Å². The molecular formula is C6H11NO10S2-. The van der Waals surface area contributed by atoms with Gasteiger partial charge in [0.15, 0.2) is 10.3 Å². The first-order valence-electron chi connectivity index (χ1n) is 4.46. The van der Waals surface area contributed by atoms with Crippen LogP contribution in [0.4, 0.5) is 0 Å². The number of hydrogen-bond acceptors (Lipinski definition) is 9. The van der Waals surface area contributed by atoms with E-state index in [0.717, 1.165) is 0 Å². The van der Waals surface area contributed by atoms with E-state index in [0.29, 0.717) is 6.42 Å². The summed E-state index contributed by atoms with van der Waals surface area (Å²) in [7, 11) is -9.81. The molecule has 0 aliphatic rings. The molecule has 1 radical (unpaired) electrons. The zero-order valence-corrected chi connectivity index (χ0v) is 10.7. The van der Waals surface area contributed by atoms with Gasteiger partial charge in [0.05, 0.1) is 18.8 Å². The lowest BCUT2D eigenvalue weighted by atomic mass is 10.1. The van der Waals surface area contributed by atoms with Gasteiger partial charge in [-0.3, -0.25) is 4.55 Å². The molecule has 0 aromatic carbocycles. The van der Waals surface area contributed by atoms with Crippen molar-refractivity contribution in [2.75, 3.05) is 6.61 Å². The molecule has 0 bridgehead atoms. The quantitative estimate of drug-likeness (QED) is 0.243. The minimum atomic E-state index is -5.01. The minimum absolute atomic E-state index is 0.104. The molecule has 0 rings (SSSR count). The first-order chi connectivity index (χ1) is 8.44. The molecule has 0 amide bonds. The second kappa shape index (κ2) is 7.20. The summed E-state index contributed by atoms with van der Waals surface area (Å²) < 4.78 is 64.4. The Balaban J connectivity index is 4.41. The van der Waals surface area contributed by atoms with Gasteiger partial charge in [0, 0.05) is 6.42 Å². The third kappa shape index (κ3) is 9.85. The maximum atomic E-state index is 10.4. The standard InChI is InChI=1S/C6H12NO10S2/c8-2-5(7-18(11,12)13)6(10)1-4(9)3-17-19(14,15)16/h1-2,4-7,9-10H,3H2,(H,11,12,13)(H,14,15,16)/p-1. The number of nitrogens with one attached hydrogen (secondary N) is 1. The number of aldehydes is 1. The van der Waals surface area contributed by atoms with Crippen molar-refractivity contribution in [3.63, 3.8) is 0 Å². The van der Waals surface area contributed by atoms with E-state index in [1.165, 1.54) is 4.72 Å². The van der Waals surface area contributed by atoms with Crippen molar-refractivity contribution in [3.05, 3.63) is 6.42 Å². The number of aliphatic hydroxyl groups is 2. The zero-order chi connectivity index (χ0) is 15.3. The fraction of sp³-hybridized carbons (Fsp3) is 0.667. The average molecular weight is 321 g/mol. The van der Waals surface area contributed by atoms with Gasteiger partial charge >= 0.3 is 10.4 Å². The van der Waals surface area contributed by atoms with Crippen molar-refractivity contribution in [2.45, 2.75) is 18.2 Å². The highest BCUT2D eigenvalue weighted by molar-refractivity contribution is 7.83. The maximum Gasteiger partial charge on any atom is 0.397 e. The van der Waals surface area contributed by atoms with Gasteiger partial charge in [0.1, 0.15) is 12.3 Å². The van der Waals surface area contributed by atoms with Crippen molar-refractivity contribution in [1.29, 1.82) is 0 Å². The highest BCUT2D eigenvalue weighted by Crippen LogP contribution is 2.03. The van der Waals surface area contributed by atoms with Crippen LogP contribution in [0.5, 0.6) is 0 Å². The van der Waals surface area contributed by atoms with Crippen LogP contribution >= 0.6 is 0 Å². The Kier molecular flexibility index (Phi) is 6.95. The summed E-state index contributed by atoms with van der Waals surface area (Å²) in [6.07, 6.45) is -3.24. The number of carbonyl (C=O) groups is 1. The molecule has 0 aliphatic heterocycles. The summed E-state index contributed by atoms with van der Waals surface area (Å²) in [6, 6.07) is -1.86. The van der Waals surface area contributed by atoms with Crippen LogP contribution in [-0.4, -0.2) is 67.3 Å². The molecule has 3 unspecified atom stereocenters. The zero-order valence-electron chi connectivity index (χ0n) is 9.11. The van der Waals surface area contributed by atoms with Crippen molar-refractivity contribution in [2.24, 2.45) is 0 Å². The van der Waals surface area contributed by atoms with Gasteiger partial charge in [-0.05, 0) is 0 Å². The van der Waals surface area contributed by atoms with Crippen LogP contribution in [0.3, 0.4) is 0 Å². The Labute approximate surface area is 109 Å². The van der Waals surface area contributed by atoms with E-state index in [9.17, 15) is 31.3 Å². The Hall–Kier alpha value is -0.670. The van der Waals surface area contributed by atoms with Crippen LogP contribution in [-0.2, 0) is 29.7 Å². The molecule has 3 atom stereocenters. The molecule has 0 aromatic heterocycles. The van der Waals surface area contributed by atoms with E-state index in [4.69, 9.17) is 9.66 Å². The van der Waals surface area contributed by atoms with Crippen LogP contribution in [0, 0.1) is 6.42 Å². The first-order valence-corrected chi connectivity index (χ1v) is 7.23. The molecule has 0 saturated heterocycles. The second-order valence-corrected chi connectivity index (χ2v) is 5.43. The van der Waals surface area contributed by atoms with Crippen LogP contribution in [0.2, 0.25) is 0 Å². The normalized spacial score (nSPS) is 17.7. The van der Waals surface area contributed by atoms with E-state index in [2.05, 4.69) is 4.18 Å². The molecule has 0 fully saturated rings. The van der Waals surface area contributed by atoms with E-state index in [1.807, 2.05) is 0 Å². The minimum Gasteiger partial charge on any atom is -0.735 e. The maximum absolute atomic E-state index is 10.4. The number of aliphatic hydroxyl groups excluding tert-OH is 2. The van der Waals surface area contributed by atoms with Gasteiger partial charge in [0.25, 0.3) is 0 Å². The fourth-order valence-electron chi connectivity index (χ4n) is 0.903. The van der Waals surface area contributed by atoms with Crippen LogP contribution < -0.4 is 4.72 Å². The molecule has 0 spiro atoms. The molecule has 13 heteroatoms. The second-order valence-electron chi connectivity index (χ2n) is 3.20. The molecular weight excluding hydrogens is 310 g/mol. The molecule has 19 heavy (non-hydrogen) atoms. The largest absolute Gasteiger partial charge is 0.735 e. The van der Waals surface area contributed by atoms with Crippen molar-refractivity contribution in [1.82, 2.24) is 4.72 Å². The fourth-order valence-corrected chi connectivity index (χ4v) is 1.74. The first kappa shape index (κ1) is 18.3. The van der Waals surface area contributed by atoms with Crippen molar-refractivity contribution < 1.29 is 45.1 Å². The van der Waals surface area contributed by atoms with E-state index < -0.39 is 45.6 Å². The monoisotopic (exact) mass is 321 g/mol. The summed E-state index contributed by atoms with van der Waals surface area (Å²) >= 11 is 0. The molecule has 113 valence electrons. The Morgan fingerprint density at radius 2 is 1.79 bits per heavy atom. The van der Waals surface area contributed by atoms with Crippen LogP contribution in [0.15, 0.2) is 0 Å². The summed E-state index contributed by atoms with van der Waals surface area (Å²) in [4.78, 5) is 10.4. The smallest absolute Gasteiger partial charge is 0.397 e.